The van der Waals surface area contributed by atoms with Gasteiger partial charge in [0.25, 0.3) is 0 Å². The third kappa shape index (κ3) is 1.09. The topological polar surface area (TPSA) is 38.7 Å². The summed E-state index contributed by atoms with van der Waals surface area (Å²) in [5.74, 6) is 0. The van der Waals surface area contributed by atoms with Gasteiger partial charge in [0.05, 0.1) is 17.3 Å². The van der Waals surface area contributed by atoms with Gasteiger partial charge < -0.3 is 14.6 Å². The Kier molecular flexibility index (Phi) is 2.02. The van der Waals surface area contributed by atoms with E-state index >= 15 is 0 Å². The molecule has 0 aliphatic carbocycles. The third-order valence-electron chi connectivity index (χ3n) is 4.29. The summed E-state index contributed by atoms with van der Waals surface area (Å²) in [6.07, 6.45) is 2.28. The Morgan fingerprint density at radius 3 is 2.43 bits per heavy atom. The van der Waals surface area contributed by atoms with Crippen LogP contribution in [0, 0.1) is 0 Å². The van der Waals surface area contributed by atoms with E-state index in [4.69, 9.17) is 9.47 Å². The molecule has 2 rings (SSSR count). The summed E-state index contributed by atoms with van der Waals surface area (Å²) in [6.45, 7) is 6.08. The molecule has 1 N–H and O–H groups in total. The second-order valence-corrected chi connectivity index (χ2v) is 5.34. The molecule has 0 amide bonds. The minimum atomic E-state index is -0.342. The van der Waals surface area contributed by atoms with Crippen LogP contribution in [-0.2, 0) is 9.47 Å². The van der Waals surface area contributed by atoms with Crippen molar-refractivity contribution in [3.05, 3.63) is 0 Å². The van der Waals surface area contributed by atoms with Gasteiger partial charge in [0.2, 0.25) is 0 Å². The van der Waals surface area contributed by atoms with Crippen LogP contribution >= 0.6 is 0 Å². The Morgan fingerprint density at radius 1 is 1.43 bits per heavy atom. The first-order valence-electron chi connectivity index (χ1n) is 5.29. The Balaban J connectivity index is 2.29. The van der Waals surface area contributed by atoms with Crippen LogP contribution in [0.25, 0.3) is 0 Å². The second kappa shape index (κ2) is 2.71. The summed E-state index contributed by atoms with van der Waals surface area (Å²) in [4.78, 5) is 0. The molecule has 2 saturated heterocycles. The van der Waals surface area contributed by atoms with Crippen molar-refractivity contribution in [1.29, 1.82) is 0 Å². The zero-order chi connectivity index (χ0) is 10.6. The van der Waals surface area contributed by atoms with E-state index in [1.165, 1.54) is 0 Å². The lowest BCUT2D eigenvalue weighted by molar-refractivity contribution is -0.165. The number of fused-ring (bicyclic) bond motifs is 2. The second-order valence-electron chi connectivity index (χ2n) is 5.34. The van der Waals surface area contributed by atoms with Gasteiger partial charge in [-0.15, -0.1) is 0 Å². The average Bonchev–Trinajstić information content (AvgIpc) is 2.57. The fraction of sp³-hybridized carbons (Fsp3) is 1.00. The smallest absolute Gasteiger partial charge is 0.100 e. The molecule has 2 fully saturated rings. The highest BCUT2D eigenvalue weighted by atomic mass is 16.6. The van der Waals surface area contributed by atoms with Gasteiger partial charge in [0.1, 0.15) is 5.60 Å². The zero-order valence-electron chi connectivity index (χ0n) is 9.46. The lowest BCUT2D eigenvalue weighted by Crippen LogP contribution is -2.50. The van der Waals surface area contributed by atoms with Crippen molar-refractivity contribution in [1.82, 2.24) is 0 Å². The van der Waals surface area contributed by atoms with Crippen LogP contribution in [0.15, 0.2) is 0 Å². The van der Waals surface area contributed by atoms with Gasteiger partial charge >= 0.3 is 0 Å². The Bertz CT molecular complexity index is 251. The normalized spacial score (nSPS) is 47.4. The molecule has 0 aromatic heterocycles. The van der Waals surface area contributed by atoms with Gasteiger partial charge in [-0.05, 0) is 33.6 Å². The van der Waals surface area contributed by atoms with Crippen molar-refractivity contribution < 1.29 is 14.6 Å². The first kappa shape index (κ1) is 10.4. The molecule has 0 saturated carbocycles. The minimum Gasteiger partial charge on any atom is -0.390 e. The Labute approximate surface area is 85.4 Å². The van der Waals surface area contributed by atoms with Gasteiger partial charge in [-0.2, -0.15) is 0 Å². The van der Waals surface area contributed by atoms with Gasteiger partial charge in [0, 0.05) is 13.5 Å². The highest BCUT2D eigenvalue weighted by Crippen LogP contribution is 2.55. The fourth-order valence-electron chi connectivity index (χ4n) is 2.76. The number of hydrogen-bond acceptors (Lipinski definition) is 3. The highest BCUT2D eigenvalue weighted by molar-refractivity contribution is 5.14. The summed E-state index contributed by atoms with van der Waals surface area (Å²) < 4.78 is 11.5. The van der Waals surface area contributed by atoms with E-state index in [0.717, 1.165) is 12.8 Å². The van der Waals surface area contributed by atoms with Crippen molar-refractivity contribution in [3.63, 3.8) is 0 Å². The number of hydrogen-bond donors (Lipinski definition) is 1. The van der Waals surface area contributed by atoms with Crippen LogP contribution in [0.2, 0.25) is 0 Å². The molecule has 2 heterocycles. The number of aliphatic hydroxyl groups is 1. The zero-order valence-corrected chi connectivity index (χ0v) is 9.46. The van der Waals surface area contributed by atoms with Crippen LogP contribution in [0.4, 0.5) is 0 Å². The van der Waals surface area contributed by atoms with Crippen molar-refractivity contribution in [2.45, 2.75) is 62.9 Å². The third-order valence-corrected chi connectivity index (χ3v) is 4.29. The Hall–Kier alpha value is -0.120. The molecule has 2 aliphatic rings. The maximum absolute atomic E-state index is 9.92. The van der Waals surface area contributed by atoms with Crippen molar-refractivity contribution in [2.24, 2.45) is 0 Å². The van der Waals surface area contributed by atoms with Crippen LogP contribution in [0.1, 0.15) is 40.0 Å². The highest BCUT2D eigenvalue weighted by Gasteiger charge is 2.64. The lowest BCUT2D eigenvalue weighted by atomic mass is 9.73. The number of methoxy groups -OCH3 is 1. The lowest BCUT2D eigenvalue weighted by Gasteiger charge is -2.40. The molecule has 3 nitrogen and oxygen atoms in total. The predicted molar refractivity (Wildman–Crippen MR) is 53.2 cm³/mol. The summed E-state index contributed by atoms with van der Waals surface area (Å²) in [6, 6.07) is 0. The van der Waals surface area contributed by atoms with Crippen molar-refractivity contribution >= 4 is 0 Å². The number of rotatable bonds is 2. The van der Waals surface area contributed by atoms with Crippen LogP contribution in [0.5, 0.6) is 0 Å². The molecule has 0 aromatic rings. The maximum atomic E-state index is 9.92. The van der Waals surface area contributed by atoms with E-state index in [1.54, 1.807) is 7.11 Å². The van der Waals surface area contributed by atoms with Crippen molar-refractivity contribution in [3.8, 4) is 0 Å². The predicted octanol–water partition coefficient (Wildman–Crippen LogP) is 1.48. The van der Waals surface area contributed by atoms with E-state index in [2.05, 4.69) is 0 Å². The van der Waals surface area contributed by atoms with Gasteiger partial charge in [-0.3, -0.25) is 0 Å². The Morgan fingerprint density at radius 2 is 2.07 bits per heavy atom. The minimum absolute atomic E-state index is 0.282. The molecule has 0 aromatic carbocycles. The maximum Gasteiger partial charge on any atom is 0.100 e. The van der Waals surface area contributed by atoms with Crippen LogP contribution < -0.4 is 0 Å². The molecule has 3 atom stereocenters. The molecular formula is C11H20O3. The van der Waals surface area contributed by atoms with Gasteiger partial charge in [0.15, 0.2) is 0 Å². The van der Waals surface area contributed by atoms with E-state index in [-0.39, 0.29) is 22.9 Å². The molecule has 3 heteroatoms. The van der Waals surface area contributed by atoms with Crippen molar-refractivity contribution in [2.75, 3.05) is 7.11 Å². The largest absolute Gasteiger partial charge is 0.390 e. The standard InChI is InChI=1S/C11H20O3/c1-9(2,13-4)11-6-5-10(3,14-11)8(12)7-11/h8,12H,5-7H2,1-4H3. The van der Waals surface area contributed by atoms with E-state index < -0.39 is 0 Å². The molecule has 14 heavy (non-hydrogen) atoms. The SMILES string of the molecule is COC(C)(C)C12CCC(C)(O1)C(O)C2. The van der Waals surface area contributed by atoms with E-state index in [9.17, 15) is 5.11 Å². The molecule has 0 radical (unpaired) electrons. The summed E-state index contributed by atoms with van der Waals surface area (Å²) >= 11 is 0. The molecule has 2 bridgehead atoms. The fourth-order valence-corrected chi connectivity index (χ4v) is 2.76. The van der Waals surface area contributed by atoms with Crippen LogP contribution in [0.3, 0.4) is 0 Å². The first-order chi connectivity index (χ1) is 6.35. The number of ether oxygens (including phenoxy) is 2. The van der Waals surface area contributed by atoms with Gasteiger partial charge in [-0.1, -0.05) is 0 Å². The molecule has 82 valence electrons. The molecule has 2 aliphatic heterocycles. The summed E-state index contributed by atoms with van der Waals surface area (Å²) in [5, 5.41) is 9.92. The number of aliphatic hydroxyl groups excluding tert-OH is 1. The molecular weight excluding hydrogens is 180 g/mol. The monoisotopic (exact) mass is 200 g/mol. The average molecular weight is 200 g/mol. The molecule has 3 unspecified atom stereocenters. The first-order valence-corrected chi connectivity index (χ1v) is 5.29. The van der Waals surface area contributed by atoms with E-state index in [0.29, 0.717) is 6.42 Å². The molecule has 0 spiro atoms. The van der Waals surface area contributed by atoms with E-state index in [1.807, 2.05) is 20.8 Å². The summed E-state index contributed by atoms with van der Waals surface area (Å²) in [7, 11) is 1.71. The quantitative estimate of drug-likeness (QED) is 0.734. The van der Waals surface area contributed by atoms with Crippen LogP contribution in [-0.4, -0.2) is 35.1 Å². The summed E-state index contributed by atoms with van der Waals surface area (Å²) in [5.41, 5.74) is -0.937. The van der Waals surface area contributed by atoms with Gasteiger partial charge in [-0.25, -0.2) is 0 Å².